The van der Waals surface area contributed by atoms with E-state index in [0.29, 0.717) is 32.1 Å². The predicted molar refractivity (Wildman–Crippen MR) is 120 cm³/mol. The van der Waals surface area contributed by atoms with Crippen LogP contribution in [0.1, 0.15) is 78.6 Å². The Morgan fingerprint density at radius 2 is 1.82 bits per heavy atom. The van der Waals surface area contributed by atoms with Crippen LogP contribution in [0.4, 0.5) is 0 Å². The maximum absolute atomic E-state index is 13.7. The lowest BCUT2D eigenvalue weighted by Gasteiger charge is -2.58. The molecule has 2 N–H and O–H groups in total. The normalized spacial score (nSPS) is 41.1. The molecule has 4 aliphatic rings. The van der Waals surface area contributed by atoms with Crippen LogP contribution in [0.2, 0.25) is 0 Å². The number of carboxylic acid groups (broad SMARTS) is 1. The van der Waals surface area contributed by atoms with Gasteiger partial charge in [0.15, 0.2) is 0 Å². The van der Waals surface area contributed by atoms with Crippen molar-refractivity contribution in [2.75, 3.05) is 6.54 Å². The van der Waals surface area contributed by atoms with E-state index in [2.05, 4.69) is 26.1 Å². The first kappa shape index (κ1) is 24.1. The van der Waals surface area contributed by atoms with Crippen molar-refractivity contribution in [2.24, 2.45) is 46.3 Å². The van der Waals surface area contributed by atoms with Crippen LogP contribution in [-0.4, -0.2) is 40.9 Å². The van der Waals surface area contributed by atoms with E-state index in [0.717, 1.165) is 19.3 Å². The molecule has 182 valence electrons. The van der Waals surface area contributed by atoms with E-state index in [4.69, 9.17) is 5.11 Å². The van der Waals surface area contributed by atoms with Gasteiger partial charge in [-0.05, 0) is 60.7 Å². The molecular formula is C26H37NO6. The van der Waals surface area contributed by atoms with Crippen molar-refractivity contribution in [3.8, 4) is 0 Å². The standard InChI is InChI=1S/C26H37NO6/c1-14(4-7-22(31)27-13-23(32)33)17-5-6-18-24-19(12-21(30)26(17,18)3)25(2)9-8-16(28)10-15(25)11-20(24)29/h14-15,17-19,24H,4-13H2,1-3H3,(H,27,31)(H,32,33)/t14-,15+,17-,18+,19+,24?,25+,26-/m1/s1. The molecule has 4 fully saturated rings. The van der Waals surface area contributed by atoms with E-state index in [1.54, 1.807) is 0 Å². The second kappa shape index (κ2) is 8.62. The van der Waals surface area contributed by atoms with Crippen LogP contribution in [0.25, 0.3) is 0 Å². The molecule has 0 aromatic rings. The minimum Gasteiger partial charge on any atom is -0.480 e. The smallest absolute Gasteiger partial charge is 0.322 e. The number of rotatable bonds is 6. The minimum absolute atomic E-state index is 0.0401. The first-order chi connectivity index (χ1) is 15.5. The maximum atomic E-state index is 13.7. The summed E-state index contributed by atoms with van der Waals surface area (Å²) in [5.41, 5.74) is -0.670. The fraction of sp³-hybridized carbons (Fsp3) is 0.808. The number of fused-ring (bicyclic) bond motifs is 5. The third-order valence-corrected chi connectivity index (χ3v) is 10.2. The monoisotopic (exact) mass is 459 g/mol. The van der Waals surface area contributed by atoms with Gasteiger partial charge in [0.25, 0.3) is 0 Å². The number of Topliss-reactive ketones (excluding diaryl/α,β-unsaturated/α-hetero) is 3. The summed E-state index contributed by atoms with van der Waals surface area (Å²) in [6, 6.07) is 0. The third-order valence-electron chi connectivity index (χ3n) is 10.2. The van der Waals surface area contributed by atoms with Crippen molar-refractivity contribution in [1.82, 2.24) is 5.32 Å². The van der Waals surface area contributed by atoms with Gasteiger partial charge in [-0.1, -0.05) is 20.8 Å². The lowest BCUT2D eigenvalue weighted by atomic mass is 9.44. The second-order valence-electron chi connectivity index (χ2n) is 11.6. The van der Waals surface area contributed by atoms with Crippen molar-refractivity contribution in [3.05, 3.63) is 0 Å². The Morgan fingerprint density at radius 1 is 1.09 bits per heavy atom. The molecule has 7 nitrogen and oxygen atoms in total. The van der Waals surface area contributed by atoms with Crippen molar-refractivity contribution < 1.29 is 29.1 Å². The number of carboxylic acids is 1. The molecule has 33 heavy (non-hydrogen) atoms. The minimum atomic E-state index is -1.07. The third kappa shape index (κ3) is 3.95. The number of hydrogen-bond donors (Lipinski definition) is 2. The van der Waals surface area contributed by atoms with Crippen LogP contribution in [0.15, 0.2) is 0 Å². The Balaban J connectivity index is 1.51. The topological polar surface area (TPSA) is 118 Å². The highest BCUT2D eigenvalue weighted by molar-refractivity contribution is 5.93. The Hall–Kier alpha value is -2.05. The van der Waals surface area contributed by atoms with E-state index >= 15 is 0 Å². The van der Waals surface area contributed by atoms with Gasteiger partial charge in [0.1, 0.15) is 23.9 Å². The highest BCUT2D eigenvalue weighted by atomic mass is 16.4. The summed E-state index contributed by atoms with van der Waals surface area (Å²) in [7, 11) is 0. The van der Waals surface area contributed by atoms with Gasteiger partial charge in [-0.15, -0.1) is 0 Å². The molecule has 0 aromatic heterocycles. The van der Waals surface area contributed by atoms with Gasteiger partial charge in [-0.3, -0.25) is 24.0 Å². The zero-order valence-electron chi connectivity index (χ0n) is 20.0. The molecule has 8 atom stereocenters. The zero-order chi connectivity index (χ0) is 24.1. The molecule has 1 amide bonds. The van der Waals surface area contributed by atoms with Gasteiger partial charge < -0.3 is 10.4 Å². The van der Waals surface area contributed by atoms with Crippen LogP contribution in [0.3, 0.4) is 0 Å². The summed E-state index contributed by atoms with van der Waals surface area (Å²) in [6.07, 6.45) is 5.27. The second-order valence-corrected chi connectivity index (χ2v) is 11.6. The average molecular weight is 460 g/mol. The summed E-state index contributed by atoms with van der Waals surface area (Å²) in [4.78, 5) is 61.9. The van der Waals surface area contributed by atoms with Crippen LogP contribution in [-0.2, 0) is 24.0 Å². The highest BCUT2D eigenvalue weighted by Gasteiger charge is 2.66. The van der Waals surface area contributed by atoms with E-state index in [1.807, 2.05) is 0 Å². The number of nitrogens with one attached hydrogen (secondary N) is 1. The first-order valence-electron chi connectivity index (χ1n) is 12.5. The molecule has 0 aliphatic heterocycles. The molecule has 0 heterocycles. The number of amides is 1. The van der Waals surface area contributed by atoms with Gasteiger partial charge in [-0.2, -0.15) is 0 Å². The fourth-order valence-electron chi connectivity index (χ4n) is 8.21. The van der Waals surface area contributed by atoms with Crippen LogP contribution < -0.4 is 5.32 Å². The van der Waals surface area contributed by atoms with Crippen LogP contribution >= 0.6 is 0 Å². The van der Waals surface area contributed by atoms with Crippen molar-refractivity contribution >= 4 is 29.2 Å². The summed E-state index contributed by atoms with van der Waals surface area (Å²) in [5, 5.41) is 11.1. The molecule has 1 unspecified atom stereocenters. The van der Waals surface area contributed by atoms with E-state index in [9.17, 15) is 24.0 Å². The summed E-state index contributed by atoms with van der Waals surface area (Å²) in [6.45, 7) is 5.97. The summed E-state index contributed by atoms with van der Waals surface area (Å²) >= 11 is 0. The van der Waals surface area contributed by atoms with Crippen molar-refractivity contribution in [1.29, 1.82) is 0 Å². The van der Waals surface area contributed by atoms with Gasteiger partial charge in [0.05, 0.1) is 0 Å². The largest absolute Gasteiger partial charge is 0.480 e. The maximum Gasteiger partial charge on any atom is 0.322 e. The molecule has 0 saturated heterocycles. The Kier molecular flexibility index (Phi) is 6.29. The zero-order valence-corrected chi connectivity index (χ0v) is 20.0. The molecular weight excluding hydrogens is 422 g/mol. The van der Waals surface area contributed by atoms with E-state index < -0.39 is 11.4 Å². The Labute approximate surface area is 195 Å². The molecule has 4 aliphatic carbocycles. The van der Waals surface area contributed by atoms with E-state index in [-0.39, 0.29) is 77.1 Å². The molecule has 4 saturated carbocycles. The Bertz CT molecular complexity index is 882. The molecule has 0 bridgehead atoms. The Morgan fingerprint density at radius 3 is 2.52 bits per heavy atom. The predicted octanol–water partition coefficient (Wildman–Crippen LogP) is 3.19. The first-order valence-corrected chi connectivity index (χ1v) is 12.5. The van der Waals surface area contributed by atoms with E-state index in [1.165, 1.54) is 0 Å². The highest BCUT2D eigenvalue weighted by Crippen LogP contribution is 2.66. The van der Waals surface area contributed by atoms with Gasteiger partial charge in [0.2, 0.25) is 5.91 Å². The molecule has 0 spiro atoms. The quantitative estimate of drug-likeness (QED) is 0.630. The molecule has 0 aromatic carbocycles. The molecule has 0 radical (unpaired) electrons. The lowest BCUT2D eigenvalue weighted by Crippen LogP contribution is -2.60. The van der Waals surface area contributed by atoms with Crippen molar-refractivity contribution in [2.45, 2.75) is 78.6 Å². The SMILES string of the molecule is C[C@H](CCC(=O)NCC(=O)O)[C@H]1CC[C@H]2C3C(=O)C[C@@H]4CC(=O)CC[C@]4(C)[C@H]3CC(=O)[C@]12C. The molecule has 7 heteroatoms. The van der Waals surface area contributed by atoms with Crippen LogP contribution in [0, 0.1) is 46.3 Å². The summed E-state index contributed by atoms with van der Waals surface area (Å²) < 4.78 is 0. The fourth-order valence-corrected chi connectivity index (χ4v) is 8.21. The molecule has 4 rings (SSSR count). The number of aliphatic carboxylic acids is 1. The van der Waals surface area contributed by atoms with Crippen molar-refractivity contribution in [3.63, 3.8) is 0 Å². The lowest BCUT2D eigenvalue weighted by molar-refractivity contribution is -0.166. The van der Waals surface area contributed by atoms with Gasteiger partial charge >= 0.3 is 5.97 Å². The number of carbonyl (C=O) groups is 5. The average Bonchev–Trinajstić information content (AvgIpc) is 3.11. The number of carbonyl (C=O) groups excluding carboxylic acids is 4. The van der Waals surface area contributed by atoms with Gasteiger partial charge in [0, 0.05) is 43.4 Å². The van der Waals surface area contributed by atoms with Gasteiger partial charge in [-0.25, -0.2) is 0 Å². The number of hydrogen-bond acceptors (Lipinski definition) is 5. The number of ketones is 3. The summed E-state index contributed by atoms with van der Waals surface area (Å²) in [5.74, 6) is -0.293. The van der Waals surface area contributed by atoms with Crippen LogP contribution in [0.5, 0.6) is 0 Å².